The Balaban J connectivity index is 1.63. The topological polar surface area (TPSA) is 59.4 Å². The summed E-state index contributed by atoms with van der Waals surface area (Å²) in [5, 5.41) is 10.9. The van der Waals surface area contributed by atoms with Gasteiger partial charge in [0.05, 0.1) is 17.0 Å². The Kier molecular flexibility index (Phi) is 6.13. The summed E-state index contributed by atoms with van der Waals surface area (Å²) in [5.41, 5.74) is 3.84. The molecule has 2 aromatic carbocycles. The second-order valence-electron chi connectivity index (χ2n) is 8.84. The number of ether oxygens (including phenoxy) is 1. The summed E-state index contributed by atoms with van der Waals surface area (Å²) in [6, 6.07) is 22.2. The van der Waals surface area contributed by atoms with Gasteiger partial charge in [-0.15, -0.1) is 0 Å². The minimum absolute atomic E-state index is 0.297. The standard InChI is InChI=1S/C28H29NO3/c1-19-16-28(17-19,23-10-5-4-6-11-23)25(21(3)27(30)31)15-20(2)32-18-24-14-13-22-9-7-8-12-26(22)29-24/h4-15,19H,16-18H2,1-3H3,(H,30,31)/b20-15+,25-21-. The van der Waals surface area contributed by atoms with Gasteiger partial charge in [-0.25, -0.2) is 9.78 Å². The lowest BCUT2D eigenvalue weighted by Gasteiger charge is -2.49. The minimum Gasteiger partial charge on any atom is -0.492 e. The number of hydrogen-bond donors (Lipinski definition) is 1. The predicted octanol–water partition coefficient (Wildman–Crippen LogP) is 6.42. The number of para-hydroxylation sites is 1. The van der Waals surface area contributed by atoms with Crippen LogP contribution in [0.2, 0.25) is 0 Å². The van der Waals surface area contributed by atoms with Crippen LogP contribution in [0, 0.1) is 5.92 Å². The van der Waals surface area contributed by atoms with Crippen molar-refractivity contribution >= 4 is 16.9 Å². The van der Waals surface area contributed by atoms with E-state index in [2.05, 4.69) is 24.0 Å². The highest BCUT2D eigenvalue weighted by Crippen LogP contribution is 2.54. The van der Waals surface area contributed by atoms with E-state index in [4.69, 9.17) is 4.74 Å². The van der Waals surface area contributed by atoms with E-state index in [0.29, 0.717) is 23.9 Å². The van der Waals surface area contributed by atoms with E-state index >= 15 is 0 Å². The van der Waals surface area contributed by atoms with Gasteiger partial charge in [0, 0.05) is 16.4 Å². The van der Waals surface area contributed by atoms with E-state index in [-0.39, 0.29) is 5.41 Å². The van der Waals surface area contributed by atoms with E-state index in [1.165, 1.54) is 0 Å². The zero-order valence-corrected chi connectivity index (χ0v) is 18.8. The van der Waals surface area contributed by atoms with Crippen LogP contribution < -0.4 is 0 Å². The molecule has 1 saturated carbocycles. The molecular formula is C28H29NO3. The van der Waals surface area contributed by atoms with E-state index in [1.54, 1.807) is 6.92 Å². The first-order valence-electron chi connectivity index (χ1n) is 11.0. The lowest BCUT2D eigenvalue weighted by atomic mass is 9.55. The molecule has 1 aromatic heterocycles. The molecule has 0 unspecified atom stereocenters. The van der Waals surface area contributed by atoms with Crippen LogP contribution in [0.15, 0.2) is 89.7 Å². The minimum atomic E-state index is -0.893. The zero-order valence-electron chi connectivity index (χ0n) is 18.8. The third kappa shape index (κ3) is 4.31. The fourth-order valence-electron chi connectivity index (χ4n) is 4.84. The number of carboxylic acids is 1. The molecule has 0 spiro atoms. The van der Waals surface area contributed by atoms with Crippen LogP contribution in [-0.4, -0.2) is 16.1 Å². The maximum absolute atomic E-state index is 12.0. The molecule has 1 heterocycles. The first-order chi connectivity index (χ1) is 15.4. The quantitative estimate of drug-likeness (QED) is 0.268. The van der Waals surface area contributed by atoms with Crippen LogP contribution in [0.1, 0.15) is 44.9 Å². The smallest absolute Gasteiger partial charge is 0.331 e. The maximum atomic E-state index is 12.0. The number of hydrogen-bond acceptors (Lipinski definition) is 3. The number of rotatable bonds is 7. The molecule has 4 rings (SSSR count). The highest BCUT2D eigenvalue weighted by atomic mass is 16.5. The summed E-state index contributed by atoms with van der Waals surface area (Å²) >= 11 is 0. The molecule has 1 N–H and O–H groups in total. The molecule has 4 heteroatoms. The lowest BCUT2D eigenvalue weighted by molar-refractivity contribution is -0.132. The van der Waals surface area contributed by atoms with Gasteiger partial charge >= 0.3 is 5.97 Å². The molecule has 164 valence electrons. The van der Waals surface area contributed by atoms with Crippen LogP contribution in [0.25, 0.3) is 10.9 Å². The molecule has 32 heavy (non-hydrogen) atoms. The molecule has 0 aliphatic heterocycles. The first kappa shape index (κ1) is 21.8. The second kappa shape index (κ2) is 8.99. The monoisotopic (exact) mass is 427 g/mol. The number of carboxylic acid groups (broad SMARTS) is 1. The Morgan fingerprint density at radius 2 is 1.75 bits per heavy atom. The van der Waals surface area contributed by atoms with Gasteiger partial charge < -0.3 is 9.84 Å². The van der Waals surface area contributed by atoms with E-state index in [0.717, 1.165) is 40.6 Å². The van der Waals surface area contributed by atoms with Gasteiger partial charge in [-0.1, -0.05) is 61.5 Å². The third-order valence-electron chi connectivity index (χ3n) is 6.41. The Bertz CT molecular complexity index is 1190. The Morgan fingerprint density at radius 1 is 1.06 bits per heavy atom. The van der Waals surface area contributed by atoms with Gasteiger partial charge in [-0.3, -0.25) is 0 Å². The van der Waals surface area contributed by atoms with Crippen LogP contribution in [0.4, 0.5) is 0 Å². The highest BCUT2D eigenvalue weighted by Gasteiger charge is 2.46. The Hall–Kier alpha value is -3.40. The molecule has 4 nitrogen and oxygen atoms in total. The van der Waals surface area contributed by atoms with Crippen LogP contribution >= 0.6 is 0 Å². The summed E-state index contributed by atoms with van der Waals surface area (Å²) in [7, 11) is 0. The number of fused-ring (bicyclic) bond motifs is 1. The number of pyridine rings is 1. The van der Waals surface area contributed by atoms with Crippen molar-refractivity contribution in [2.75, 3.05) is 0 Å². The first-order valence-corrected chi connectivity index (χ1v) is 11.0. The number of allylic oxidation sites excluding steroid dienone is 3. The van der Waals surface area contributed by atoms with E-state index in [9.17, 15) is 9.90 Å². The molecule has 0 bridgehead atoms. The third-order valence-corrected chi connectivity index (χ3v) is 6.41. The number of benzene rings is 2. The fourth-order valence-corrected chi connectivity index (χ4v) is 4.84. The van der Waals surface area contributed by atoms with Crippen LogP contribution in [0.3, 0.4) is 0 Å². The van der Waals surface area contributed by atoms with E-state index in [1.807, 2.05) is 67.6 Å². The van der Waals surface area contributed by atoms with Gasteiger partial charge in [-0.2, -0.15) is 0 Å². The molecule has 3 aromatic rings. The summed E-state index contributed by atoms with van der Waals surface area (Å²) < 4.78 is 6.04. The van der Waals surface area contributed by atoms with Crippen molar-refractivity contribution in [2.45, 2.75) is 45.6 Å². The predicted molar refractivity (Wildman–Crippen MR) is 127 cm³/mol. The van der Waals surface area contributed by atoms with Crippen LogP contribution in [-0.2, 0) is 21.6 Å². The average molecular weight is 428 g/mol. The van der Waals surface area contributed by atoms with Crippen molar-refractivity contribution < 1.29 is 14.6 Å². The largest absolute Gasteiger partial charge is 0.492 e. The number of aliphatic carboxylic acids is 1. The average Bonchev–Trinajstić information content (AvgIpc) is 2.79. The highest BCUT2D eigenvalue weighted by molar-refractivity contribution is 5.88. The van der Waals surface area contributed by atoms with Crippen molar-refractivity contribution in [3.05, 3.63) is 101 Å². The Labute approximate surface area is 189 Å². The molecule has 1 aliphatic carbocycles. The summed E-state index contributed by atoms with van der Waals surface area (Å²) in [6.45, 7) is 6.13. The molecular weight excluding hydrogens is 398 g/mol. The second-order valence-corrected chi connectivity index (χ2v) is 8.84. The molecule has 1 fully saturated rings. The van der Waals surface area contributed by atoms with Gasteiger partial charge in [0.15, 0.2) is 0 Å². The molecule has 1 aliphatic rings. The fraction of sp³-hybridized carbons (Fsp3) is 0.286. The molecule has 0 saturated heterocycles. The van der Waals surface area contributed by atoms with Crippen molar-refractivity contribution in [2.24, 2.45) is 5.92 Å². The normalized spacial score (nSPS) is 21.6. The molecule has 0 atom stereocenters. The molecule has 0 amide bonds. The van der Waals surface area contributed by atoms with Crippen molar-refractivity contribution in [3.8, 4) is 0 Å². The maximum Gasteiger partial charge on any atom is 0.331 e. The Morgan fingerprint density at radius 3 is 2.44 bits per heavy atom. The SMILES string of the molecule is C/C(C(=O)O)=C(\C=C(/C)OCc1ccc2ccccc2n1)C1(c2ccccc2)CC(C)C1. The van der Waals surface area contributed by atoms with Crippen LogP contribution in [0.5, 0.6) is 0 Å². The summed E-state index contributed by atoms with van der Waals surface area (Å²) in [6.07, 6.45) is 3.77. The number of carbonyl (C=O) groups is 1. The van der Waals surface area contributed by atoms with Gasteiger partial charge in [-0.05, 0) is 62.0 Å². The van der Waals surface area contributed by atoms with Gasteiger partial charge in [0.25, 0.3) is 0 Å². The van der Waals surface area contributed by atoms with Crippen molar-refractivity contribution in [1.82, 2.24) is 4.98 Å². The lowest BCUT2D eigenvalue weighted by Crippen LogP contribution is -2.42. The van der Waals surface area contributed by atoms with Gasteiger partial charge in [0.1, 0.15) is 6.61 Å². The van der Waals surface area contributed by atoms with Crippen molar-refractivity contribution in [3.63, 3.8) is 0 Å². The number of nitrogens with zero attached hydrogens (tertiary/aromatic N) is 1. The zero-order chi connectivity index (χ0) is 22.7. The number of aromatic nitrogens is 1. The van der Waals surface area contributed by atoms with Gasteiger partial charge in [0.2, 0.25) is 0 Å². The van der Waals surface area contributed by atoms with E-state index < -0.39 is 5.97 Å². The molecule has 0 radical (unpaired) electrons. The summed E-state index contributed by atoms with van der Waals surface area (Å²) in [4.78, 5) is 16.7. The van der Waals surface area contributed by atoms with Crippen molar-refractivity contribution in [1.29, 1.82) is 0 Å². The summed E-state index contributed by atoms with van der Waals surface area (Å²) in [5.74, 6) is 0.337.